The zero-order valence-electron chi connectivity index (χ0n) is 10.7. The van der Waals surface area contributed by atoms with Crippen molar-refractivity contribution in [3.63, 3.8) is 0 Å². The molecule has 21 heavy (non-hydrogen) atoms. The summed E-state index contributed by atoms with van der Waals surface area (Å²) in [7, 11) is 0. The van der Waals surface area contributed by atoms with Crippen molar-refractivity contribution in [1.29, 1.82) is 0 Å². The Balaban J connectivity index is 2.44. The number of hydrogen-bond acceptors (Lipinski definition) is 3. The summed E-state index contributed by atoms with van der Waals surface area (Å²) in [6.45, 7) is -0.620. The van der Waals surface area contributed by atoms with Crippen LogP contribution in [0.4, 0.5) is 13.2 Å². The van der Waals surface area contributed by atoms with E-state index < -0.39 is 24.5 Å². The van der Waals surface area contributed by atoms with Crippen LogP contribution in [0.2, 0.25) is 0 Å². The minimum atomic E-state index is -4.93. The second-order valence-electron chi connectivity index (χ2n) is 3.68. The smallest absolute Gasteiger partial charge is 0.471 e. The van der Waals surface area contributed by atoms with Crippen molar-refractivity contribution in [3.05, 3.63) is 29.8 Å². The third kappa shape index (κ3) is 5.44. The molecule has 0 fully saturated rings. The van der Waals surface area contributed by atoms with Gasteiger partial charge < -0.3 is 15.8 Å². The summed E-state index contributed by atoms with van der Waals surface area (Å²) in [5.41, 5.74) is 5.30. The maximum absolute atomic E-state index is 11.8. The van der Waals surface area contributed by atoms with Crippen molar-refractivity contribution in [1.82, 2.24) is 5.32 Å². The summed E-state index contributed by atoms with van der Waals surface area (Å²) in [5, 5.41) is 1.58. The molecule has 0 saturated carbocycles. The predicted molar refractivity (Wildman–Crippen MR) is 67.3 cm³/mol. The Kier molecular flexibility index (Phi) is 5.60. The molecular formula is C13H11F3N2O3. The highest BCUT2D eigenvalue weighted by Gasteiger charge is 2.38. The molecule has 0 aliphatic carbocycles. The fraction of sp³-hybridized carbons (Fsp3) is 0.231. The molecule has 0 spiro atoms. The number of ether oxygens (including phenoxy) is 1. The van der Waals surface area contributed by atoms with Crippen molar-refractivity contribution in [3.8, 4) is 17.6 Å². The third-order valence-electron chi connectivity index (χ3n) is 2.17. The lowest BCUT2D eigenvalue weighted by Crippen LogP contribution is -2.36. The highest BCUT2D eigenvalue weighted by atomic mass is 19.4. The van der Waals surface area contributed by atoms with Crippen molar-refractivity contribution in [2.45, 2.75) is 6.18 Å². The molecule has 3 N–H and O–H groups in total. The Labute approximate surface area is 118 Å². The van der Waals surface area contributed by atoms with Crippen molar-refractivity contribution in [2.24, 2.45) is 5.73 Å². The molecule has 0 unspecified atom stereocenters. The van der Waals surface area contributed by atoms with Gasteiger partial charge in [0, 0.05) is 0 Å². The van der Waals surface area contributed by atoms with Gasteiger partial charge in [-0.15, -0.1) is 0 Å². The van der Waals surface area contributed by atoms with Crippen molar-refractivity contribution < 1.29 is 27.5 Å². The number of nitrogens with one attached hydrogen (secondary N) is 1. The lowest BCUT2D eigenvalue weighted by molar-refractivity contribution is -0.173. The molecule has 0 radical (unpaired) electrons. The Morgan fingerprint density at radius 1 is 1.24 bits per heavy atom. The topological polar surface area (TPSA) is 81.4 Å². The summed E-state index contributed by atoms with van der Waals surface area (Å²) in [6.07, 6.45) is -4.93. The van der Waals surface area contributed by atoms with E-state index in [1.165, 1.54) is 12.1 Å². The number of para-hydroxylation sites is 1. The van der Waals surface area contributed by atoms with Gasteiger partial charge in [0.1, 0.15) is 12.4 Å². The van der Waals surface area contributed by atoms with Gasteiger partial charge in [-0.1, -0.05) is 24.0 Å². The van der Waals surface area contributed by atoms with Gasteiger partial charge in [-0.25, -0.2) is 0 Å². The van der Waals surface area contributed by atoms with Crippen LogP contribution in [0.1, 0.15) is 10.4 Å². The molecule has 1 aromatic carbocycles. The Morgan fingerprint density at radius 2 is 1.90 bits per heavy atom. The highest BCUT2D eigenvalue weighted by molar-refractivity contribution is 5.95. The number of carbonyl (C=O) groups is 2. The maximum Gasteiger partial charge on any atom is 0.471 e. The van der Waals surface area contributed by atoms with E-state index in [2.05, 4.69) is 11.8 Å². The average molecular weight is 300 g/mol. The van der Waals surface area contributed by atoms with E-state index in [1.54, 1.807) is 17.4 Å². The van der Waals surface area contributed by atoms with Crippen LogP contribution in [0.3, 0.4) is 0 Å². The second kappa shape index (κ2) is 7.19. The van der Waals surface area contributed by atoms with Crippen LogP contribution in [0, 0.1) is 11.8 Å². The summed E-state index contributed by atoms with van der Waals surface area (Å²) in [4.78, 5) is 21.5. The molecule has 0 aromatic heterocycles. The molecule has 0 bridgehead atoms. The molecule has 8 heteroatoms. The zero-order valence-corrected chi connectivity index (χ0v) is 10.7. The van der Waals surface area contributed by atoms with Crippen molar-refractivity contribution >= 4 is 11.8 Å². The van der Waals surface area contributed by atoms with Gasteiger partial charge >= 0.3 is 12.1 Å². The lowest BCUT2D eigenvalue weighted by atomic mass is 10.2. The van der Waals surface area contributed by atoms with Gasteiger partial charge in [0.25, 0.3) is 5.91 Å². The van der Waals surface area contributed by atoms with E-state index in [9.17, 15) is 22.8 Å². The molecule has 0 atom stereocenters. The number of halogens is 3. The molecule has 112 valence electrons. The van der Waals surface area contributed by atoms with Gasteiger partial charge in [-0.05, 0) is 12.1 Å². The number of nitrogens with two attached hydrogens (primary N) is 1. The third-order valence-corrected chi connectivity index (χ3v) is 2.17. The number of carbonyl (C=O) groups excluding carboxylic acids is 2. The Bertz CT molecular complexity index is 588. The van der Waals surface area contributed by atoms with Crippen LogP contribution < -0.4 is 15.8 Å². The number of benzene rings is 1. The molecule has 0 aliphatic rings. The largest absolute Gasteiger partial charge is 0.480 e. The van der Waals surface area contributed by atoms with Crippen LogP contribution in [0.5, 0.6) is 5.75 Å². The molecular weight excluding hydrogens is 289 g/mol. The van der Waals surface area contributed by atoms with Crippen LogP contribution in [-0.4, -0.2) is 31.1 Å². The number of rotatable bonds is 4. The zero-order chi connectivity index (χ0) is 15.9. The van der Waals surface area contributed by atoms with Crippen LogP contribution in [0.15, 0.2) is 24.3 Å². The summed E-state index contributed by atoms with van der Waals surface area (Å²) >= 11 is 0. The van der Waals surface area contributed by atoms with Crippen molar-refractivity contribution in [2.75, 3.05) is 13.2 Å². The van der Waals surface area contributed by atoms with E-state index in [0.717, 1.165) is 0 Å². The number of primary amides is 1. The fourth-order valence-electron chi connectivity index (χ4n) is 1.25. The SMILES string of the molecule is NC(=O)c1ccccc1OCC#CCNC(=O)C(F)(F)F. The number of hydrogen-bond donors (Lipinski definition) is 2. The average Bonchev–Trinajstić information content (AvgIpc) is 2.41. The monoisotopic (exact) mass is 300 g/mol. The molecule has 0 aliphatic heterocycles. The number of alkyl halides is 3. The molecule has 0 saturated heterocycles. The first-order valence-corrected chi connectivity index (χ1v) is 5.64. The van der Waals surface area contributed by atoms with Crippen LogP contribution >= 0.6 is 0 Å². The van der Waals surface area contributed by atoms with Gasteiger partial charge in [-0.3, -0.25) is 9.59 Å². The van der Waals surface area contributed by atoms with Gasteiger partial charge in [-0.2, -0.15) is 13.2 Å². The van der Waals surface area contributed by atoms with Crippen LogP contribution in [0.25, 0.3) is 0 Å². The Morgan fingerprint density at radius 3 is 2.52 bits per heavy atom. The Hall–Kier alpha value is -2.69. The van der Waals surface area contributed by atoms with Crippen LogP contribution in [-0.2, 0) is 4.79 Å². The first-order chi connectivity index (χ1) is 9.82. The second-order valence-corrected chi connectivity index (χ2v) is 3.68. The predicted octanol–water partition coefficient (Wildman–Crippen LogP) is 0.846. The fourth-order valence-corrected chi connectivity index (χ4v) is 1.25. The van der Waals surface area contributed by atoms with E-state index in [4.69, 9.17) is 10.5 Å². The standard InChI is InChI=1S/C13H11F3N2O3/c14-13(15,16)12(20)18-7-3-4-8-21-10-6-2-1-5-9(10)11(17)19/h1-2,5-6H,7-8H2,(H2,17,19)(H,18,20). The molecule has 0 heterocycles. The minimum absolute atomic E-state index is 0.161. The molecule has 1 rings (SSSR count). The highest BCUT2D eigenvalue weighted by Crippen LogP contribution is 2.16. The molecule has 5 nitrogen and oxygen atoms in total. The quantitative estimate of drug-likeness (QED) is 0.809. The van der Waals surface area contributed by atoms with E-state index in [1.807, 2.05) is 0 Å². The van der Waals surface area contributed by atoms with Gasteiger partial charge in [0.2, 0.25) is 0 Å². The van der Waals surface area contributed by atoms with Gasteiger partial charge in [0.15, 0.2) is 0 Å². The van der Waals surface area contributed by atoms with E-state index >= 15 is 0 Å². The maximum atomic E-state index is 11.8. The summed E-state index contributed by atoms with van der Waals surface area (Å²) in [6, 6.07) is 6.20. The summed E-state index contributed by atoms with van der Waals surface area (Å²) < 4.78 is 40.7. The summed E-state index contributed by atoms with van der Waals surface area (Å²) in [5.74, 6) is 2.18. The lowest BCUT2D eigenvalue weighted by Gasteiger charge is -2.06. The first-order valence-electron chi connectivity index (χ1n) is 5.64. The number of amides is 2. The normalized spacial score (nSPS) is 10.2. The first kappa shape index (κ1) is 16.4. The van der Waals surface area contributed by atoms with E-state index in [-0.39, 0.29) is 17.9 Å². The minimum Gasteiger partial charge on any atom is -0.480 e. The van der Waals surface area contributed by atoms with Gasteiger partial charge in [0.05, 0.1) is 12.1 Å². The molecule has 1 aromatic rings. The van der Waals surface area contributed by atoms with E-state index in [0.29, 0.717) is 0 Å². The molecule has 2 amide bonds.